The number of hydrogen-bond donors (Lipinski definition) is 1. The zero-order chi connectivity index (χ0) is 25.8. The number of fused-ring (bicyclic) bond motifs is 1. The molecule has 1 aliphatic rings. The first-order chi connectivity index (χ1) is 17.3. The molecule has 8 heteroatoms. The summed E-state index contributed by atoms with van der Waals surface area (Å²) in [6.45, 7) is 0. The van der Waals surface area contributed by atoms with Crippen molar-refractivity contribution in [2.24, 2.45) is 0 Å². The van der Waals surface area contributed by atoms with E-state index in [4.69, 9.17) is 27.8 Å². The molecule has 1 N–H and O–H groups in total. The van der Waals surface area contributed by atoms with Gasteiger partial charge in [-0.15, -0.1) is 10.2 Å². The van der Waals surface area contributed by atoms with Crippen molar-refractivity contribution in [3.8, 4) is 17.1 Å². The Morgan fingerprint density at radius 3 is 1.89 bits per heavy atom. The average molecular weight is 518 g/mol. The smallest absolute Gasteiger partial charge is 0.213 e. The zero-order valence-corrected chi connectivity index (χ0v) is 21.6. The molecule has 0 atom stereocenters. The first-order valence-electron chi connectivity index (χ1n) is 12.7. The van der Waals surface area contributed by atoms with Crippen LogP contribution in [0.2, 0.25) is 0 Å². The van der Waals surface area contributed by atoms with Gasteiger partial charge >= 0.3 is 0 Å². The number of halogens is 1. The van der Waals surface area contributed by atoms with Gasteiger partial charge in [0.2, 0.25) is 5.36 Å². The lowest BCUT2D eigenvalue weighted by molar-refractivity contribution is -2.00. The summed E-state index contributed by atoms with van der Waals surface area (Å²) in [5.74, 6) is 1.76. The van der Waals surface area contributed by atoms with Crippen molar-refractivity contribution >= 4 is 11.0 Å². The fraction of sp³-hybridized carbons (Fsp3) is 0.464. The lowest BCUT2D eigenvalue weighted by Gasteiger charge is -2.17. The first kappa shape index (κ1) is 28.2. The summed E-state index contributed by atoms with van der Waals surface area (Å²) in [6, 6.07) is 19.1. The zero-order valence-electron chi connectivity index (χ0n) is 20.9. The first-order valence-corrected chi connectivity index (χ1v) is 14.0. The van der Waals surface area contributed by atoms with Crippen molar-refractivity contribution in [1.82, 2.24) is 0 Å². The largest absolute Gasteiger partial charge is 0.497 e. The van der Waals surface area contributed by atoms with Crippen LogP contribution in [-0.4, -0.2) is 13.2 Å². The standard InChI is InChI=1S/C28H35NO2.ClHO4/c1-30-24-18-19-27-25(20-24)26(21-28(31-27)22-14-10-9-11-15-22)29-23-16-12-7-5-3-2-4-6-8-13-17-23;2-1(3,4)5/h9-11,14-15,18-21,23H,2-8,12-13,16-17H2,1H3;(H,2,3,4,5). The van der Waals surface area contributed by atoms with Gasteiger partial charge in [-0.1, -0.05) is 75.3 Å². The van der Waals surface area contributed by atoms with E-state index >= 15 is 0 Å². The van der Waals surface area contributed by atoms with Gasteiger partial charge in [0.1, 0.15) is 17.1 Å². The fourth-order valence-corrected chi connectivity index (χ4v) is 4.68. The van der Waals surface area contributed by atoms with E-state index in [2.05, 4.69) is 41.4 Å². The van der Waals surface area contributed by atoms with Gasteiger partial charge in [0.05, 0.1) is 18.6 Å². The van der Waals surface area contributed by atoms with E-state index in [1.54, 1.807) is 7.11 Å². The molecule has 0 radical (unpaired) electrons. The van der Waals surface area contributed by atoms with Crippen LogP contribution in [0.25, 0.3) is 22.3 Å². The molecular formula is C28H36ClNO6. The summed E-state index contributed by atoms with van der Waals surface area (Å²) in [5.41, 5.74) is 1.99. The highest BCUT2D eigenvalue weighted by Gasteiger charge is 2.16. The van der Waals surface area contributed by atoms with Gasteiger partial charge < -0.3 is 9.15 Å². The predicted octanol–water partition coefficient (Wildman–Crippen LogP) is 1.01. The van der Waals surface area contributed by atoms with Gasteiger partial charge in [-0.3, -0.25) is 0 Å². The molecule has 1 saturated carbocycles. The molecule has 4 rings (SSSR count). The SMILES string of the molecule is COc1ccc2oc(-c3ccccc3)cc(=[NH+]C3CCCCCCCCCCC3)c2c1.[O-][Cl+3]([O-])([O-])[O-]. The second kappa shape index (κ2) is 14.4. The van der Waals surface area contributed by atoms with Gasteiger partial charge in [-0.25, -0.2) is 23.6 Å². The molecule has 0 unspecified atom stereocenters. The van der Waals surface area contributed by atoms with Crippen LogP contribution >= 0.6 is 0 Å². The van der Waals surface area contributed by atoms with Crippen LogP contribution in [0.15, 0.2) is 59.0 Å². The maximum atomic E-state index is 8.49. The van der Waals surface area contributed by atoms with E-state index in [0.29, 0.717) is 6.04 Å². The Hall–Kier alpha value is -2.42. The van der Waals surface area contributed by atoms with Crippen LogP contribution in [0.4, 0.5) is 0 Å². The number of ether oxygens (including phenoxy) is 1. The van der Waals surface area contributed by atoms with Gasteiger partial charge in [-0.2, -0.15) is 0 Å². The third-order valence-corrected chi connectivity index (χ3v) is 6.50. The highest BCUT2D eigenvalue weighted by Crippen LogP contribution is 2.24. The van der Waals surface area contributed by atoms with Crippen LogP contribution in [0.5, 0.6) is 5.75 Å². The van der Waals surface area contributed by atoms with Crippen molar-refractivity contribution in [2.75, 3.05) is 7.11 Å². The predicted molar refractivity (Wildman–Crippen MR) is 127 cm³/mol. The van der Waals surface area contributed by atoms with Crippen LogP contribution in [0.3, 0.4) is 0 Å². The summed E-state index contributed by atoms with van der Waals surface area (Å²) in [4.78, 5) is 3.92. The molecule has 1 aliphatic carbocycles. The highest BCUT2D eigenvalue weighted by atomic mass is 35.7. The minimum absolute atomic E-state index is 0.500. The van der Waals surface area contributed by atoms with Crippen molar-refractivity contribution in [2.45, 2.75) is 76.7 Å². The molecule has 7 nitrogen and oxygen atoms in total. The molecular weight excluding hydrogens is 482 g/mol. The Labute approximate surface area is 214 Å². The van der Waals surface area contributed by atoms with Crippen LogP contribution in [0, 0.1) is 10.2 Å². The topological polar surface area (TPSA) is 129 Å². The molecule has 36 heavy (non-hydrogen) atoms. The Bertz CT molecular complexity index is 1110. The van der Waals surface area contributed by atoms with Crippen LogP contribution < -0.4 is 33.7 Å². The maximum absolute atomic E-state index is 8.49. The summed E-state index contributed by atoms with van der Waals surface area (Å²) in [6.07, 6.45) is 14.8. The van der Waals surface area contributed by atoms with Crippen LogP contribution in [-0.2, 0) is 0 Å². The second-order valence-electron chi connectivity index (χ2n) is 9.23. The summed E-state index contributed by atoms with van der Waals surface area (Å²) in [5, 5.41) is 2.24. The molecule has 0 spiro atoms. The van der Waals surface area contributed by atoms with Gasteiger partial charge in [0.25, 0.3) is 0 Å². The Morgan fingerprint density at radius 2 is 1.33 bits per heavy atom. The van der Waals surface area contributed by atoms with Gasteiger partial charge in [-0.05, 0) is 31.0 Å². The van der Waals surface area contributed by atoms with Crippen LogP contribution in [0.1, 0.15) is 70.6 Å². The lowest BCUT2D eigenvalue weighted by Crippen LogP contribution is -2.82. The Kier molecular flexibility index (Phi) is 11.2. The normalized spacial score (nSPS) is 17.0. The summed E-state index contributed by atoms with van der Waals surface area (Å²) in [7, 11) is -3.23. The Morgan fingerprint density at radius 1 is 0.778 bits per heavy atom. The third-order valence-electron chi connectivity index (χ3n) is 6.50. The molecule has 0 aliphatic heterocycles. The molecule has 3 aromatic rings. The number of rotatable bonds is 3. The van der Waals surface area contributed by atoms with Gasteiger partial charge in [0.15, 0.2) is 6.04 Å². The summed E-state index contributed by atoms with van der Waals surface area (Å²) >= 11 is 0. The monoisotopic (exact) mass is 517 g/mol. The van der Waals surface area contributed by atoms with Crippen molar-refractivity contribution in [1.29, 1.82) is 0 Å². The number of methoxy groups -OCH3 is 1. The van der Waals surface area contributed by atoms with Crippen molar-refractivity contribution < 1.29 is 43.0 Å². The molecule has 2 aromatic carbocycles. The average Bonchev–Trinajstić information content (AvgIpc) is 2.85. The minimum Gasteiger partial charge on any atom is -0.497 e. The lowest BCUT2D eigenvalue weighted by atomic mass is 9.98. The number of hydrogen-bond acceptors (Lipinski definition) is 6. The molecule has 196 valence electrons. The summed E-state index contributed by atoms with van der Waals surface area (Å²) < 4.78 is 45.8. The van der Waals surface area contributed by atoms with E-state index in [9.17, 15) is 0 Å². The second-order valence-corrected chi connectivity index (χ2v) is 9.99. The molecule has 1 fully saturated rings. The number of benzene rings is 2. The van der Waals surface area contributed by atoms with Crippen molar-refractivity contribution in [3.63, 3.8) is 0 Å². The quantitative estimate of drug-likeness (QED) is 0.552. The Balaban J connectivity index is 0.000000658. The minimum atomic E-state index is -4.94. The molecule has 1 heterocycles. The number of nitrogens with one attached hydrogen (secondary N) is 1. The van der Waals surface area contributed by atoms with E-state index in [1.807, 2.05) is 18.2 Å². The highest BCUT2D eigenvalue weighted by molar-refractivity contribution is 5.79. The van der Waals surface area contributed by atoms with E-state index in [0.717, 1.165) is 33.4 Å². The van der Waals surface area contributed by atoms with Gasteiger partial charge in [0, 0.05) is 18.4 Å². The molecule has 0 saturated heterocycles. The van der Waals surface area contributed by atoms with E-state index in [-0.39, 0.29) is 0 Å². The molecule has 1 aromatic heterocycles. The maximum Gasteiger partial charge on any atom is 0.213 e. The van der Waals surface area contributed by atoms with E-state index in [1.165, 1.54) is 70.6 Å². The molecule has 0 bridgehead atoms. The fourth-order valence-electron chi connectivity index (χ4n) is 4.68. The third kappa shape index (κ3) is 9.91. The van der Waals surface area contributed by atoms with E-state index < -0.39 is 10.2 Å². The van der Waals surface area contributed by atoms with Crippen molar-refractivity contribution in [3.05, 3.63) is 60.0 Å². The molecule has 0 amide bonds.